The van der Waals surface area contributed by atoms with Crippen molar-refractivity contribution < 1.29 is 20.1 Å². The predicted octanol–water partition coefficient (Wildman–Crippen LogP) is 7.92. The lowest BCUT2D eigenvalue weighted by Crippen LogP contribution is -2.14. The summed E-state index contributed by atoms with van der Waals surface area (Å²) >= 11 is 0. The molecule has 0 radical (unpaired) electrons. The maximum absolute atomic E-state index is 10.6. The second kappa shape index (κ2) is 9.26. The van der Waals surface area contributed by atoms with Gasteiger partial charge in [-0.2, -0.15) is 0 Å². The molecule has 0 amide bonds. The fourth-order valence-electron chi connectivity index (χ4n) is 4.26. The van der Waals surface area contributed by atoms with Crippen LogP contribution in [0.3, 0.4) is 0 Å². The zero-order chi connectivity index (χ0) is 25.4. The van der Waals surface area contributed by atoms with E-state index in [1.54, 1.807) is 18.2 Å². The van der Waals surface area contributed by atoms with Crippen molar-refractivity contribution >= 4 is 17.1 Å². The summed E-state index contributed by atoms with van der Waals surface area (Å²) in [6.45, 7) is 11.4. The van der Waals surface area contributed by atoms with Gasteiger partial charge in [0.05, 0.1) is 17.1 Å². The highest BCUT2D eigenvalue weighted by Crippen LogP contribution is 2.46. The lowest BCUT2D eigenvalue weighted by atomic mass is 10.0. The molecule has 4 rings (SSSR count). The first-order valence-corrected chi connectivity index (χ1v) is 11.5. The summed E-state index contributed by atoms with van der Waals surface area (Å²) in [5.41, 5.74) is 7.32. The predicted molar refractivity (Wildman–Crippen MR) is 141 cm³/mol. The van der Waals surface area contributed by atoms with Crippen LogP contribution in [0.15, 0.2) is 60.7 Å². The van der Waals surface area contributed by atoms with Crippen molar-refractivity contribution in [3.8, 4) is 28.7 Å². The number of benzene rings is 4. The molecule has 0 aliphatic rings. The molecule has 0 aliphatic heterocycles. The SMILES string of the molecule is Cc1cc(Oc2ccccc2N(c2cc(O)c(C)cc2C)c2cc(O)c(C)cc2C)c(C)cc1O. The second-order valence-corrected chi connectivity index (χ2v) is 9.16. The normalized spacial score (nSPS) is 10.9. The quantitative estimate of drug-likeness (QED) is 0.277. The van der Waals surface area contributed by atoms with Gasteiger partial charge < -0.3 is 25.0 Å². The first-order chi connectivity index (χ1) is 16.6. The Bertz CT molecular complexity index is 1370. The van der Waals surface area contributed by atoms with Gasteiger partial charge in [-0.25, -0.2) is 0 Å². The van der Waals surface area contributed by atoms with E-state index in [0.717, 1.165) is 50.4 Å². The molecule has 0 bridgehead atoms. The summed E-state index contributed by atoms with van der Waals surface area (Å²) in [7, 11) is 0. The highest BCUT2D eigenvalue weighted by atomic mass is 16.5. The molecule has 4 aromatic rings. The minimum absolute atomic E-state index is 0.188. The van der Waals surface area contributed by atoms with Gasteiger partial charge in [-0.05, 0) is 99.2 Å². The van der Waals surface area contributed by atoms with E-state index in [0.29, 0.717) is 11.5 Å². The minimum atomic E-state index is 0.188. The van der Waals surface area contributed by atoms with Gasteiger partial charge in [0, 0.05) is 12.1 Å². The van der Waals surface area contributed by atoms with Gasteiger partial charge in [0.2, 0.25) is 0 Å². The average Bonchev–Trinajstić information content (AvgIpc) is 2.80. The van der Waals surface area contributed by atoms with Crippen molar-refractivity contribution in [1.29, 1.82) is 0 Å². The molecule has 0 fully saturated rings. The number of anilines is 3. The van der Waals surface area contributed by atoms with E-state index >= 15 is 0 Å². The van der Waals surface area contributed by atoms with E-state index in [2.05, 4.69) is 0 Å². The molecular weight excluding hydrogens is 438 g/mol. The van der Waals surface area contributed by atoms with Crippen LogP contribution in [0.4, 0.5) is 17.1 Å². The largest absolute Gasteiger partial charge is 0.508 e. The van der Waals surface area contributed by atoms with Crippen LogP contribution in [0.2, 0.25) is 0 Å². The summed E-state index contributed by atoms with van der Waals surface area (Å²) in [6, 6.07) is 18.5. The van der Waals surface area contributed by atoms with Crippen LogP contribution in [-0.2, 0) is 0 Å². The Kier molecular flexibility index (Phi) is 6.35. The van der Waals surface area contributed by atoms with Crippen LogP contribution in [-0.4, -0.2) is 15.3 Å². The highest BCUT2D eigenvalue weighted by Gasteiger charge is 2.23. The maximum Gasteiger partial charge on any atom is 0.151 e. The molecule has 35 heavy (non-hydrogen) atoms. The van der Waals surface area contributed by atoms with Crippen molar-refractivity contribution in [2.24, 2.45) is 0 Å². The van der Waals surface area contributed by atoms with E-state index < -0.39 is 0 Å². The van der Waals surface area contributed by atoms with E-state index in [1.165, 1.54) is 0 Å². The van der Waals surface area contributed by atoms with Crippen molar-refractivity contribution in [1.82, 2.24) is 0 Å². The maximum atomic E-state index is 10.6. The summed E-state index contributed by atoms with van der Waals surface area (Å²) < 4.78 is 6.41. The molecule has 0 unspecified atom stereocenters. The third-order valence-electron chi connectivity index (χ3n) is 6.33. The third-order valence-corrected chi connectivity index (χ3v) is 6.33. The average molecular weight is 470 g/mol. The number of aryl methyl sites for hydroxylation is 6. The van der Waals surface area contributed by atoms with E-state index in [9.17, 15) is 15.3 Å². The third kappa shape index (κ3) is 4.62. The second-order valence-electron chi connectivity index (χ2n) is 9.16. The molecule has 5 nitrogen and oxygen atoms in total. The Morgan fingerprint density at radius 2 is 0.971 bits per heavy atom. The van der Waals surface area contributed by atoms with Gasteiger partial charge in [0.25, 0.3) is 0 Å². The molecule has 0 saturated heterocycles. The van der Waals surface area contributed by atoms with Crippen molar-refractivity contribution in [2.75, 3.05) is 4.90 Å². The summed E-state index contributed by atoms with van der Waals surface area (Å²) in [6.07, 6.45) is 0. The zero-order valence-electron chi connectivity index (χ0n) is 21.0. The molecule has 4 aromatic carbocycles. The molecule has 0 aromatic heterocycles. The van der Waals surface area contributed by atoms with Crippen LogP contribution in [0.5, 0.6) is 28.7 Å². The number of rotatable bonds is 5. The lowest BCUT2D eigenvalue weighted by molar-refractivity contribution is 0.458. The summed E-state index contributed by atoms with van der Waals surface area (Å²) in [5, 5.41) is 31.3. The fraction of sp³-hybridized carbons (Fsp3) is 0.200. The van der Waals surface area contributed by atoms with Gasteiger partial charge in [0.1, 0.15) is 23.0 Å². The van der Waals surface area contributed by atoms with Gasteiger partial charge in [-0.15, -0.1) is 0 Å². The first-order valence-electron chi connectivity index (χ1n) is 11.5. The first kappa shape index (κ1) is 24.0. The molecule has 0 spiro atoms. The Balaban J connectivity index is 1.96. The van der Waals surface area contributed by atoms with Crippen molar-refractivity contribution in [3.63, 3.8) is 0 Å². The molecule has 180 valence electrons. The van der Waals surface area contributed by atoms with Gasteiger partial charge >= 0.3 is 0 Å². The molecule has 0 saturated carbocycles. The monoisotopic (exact) mass is 469 g/mol. The van der Waals surface area contributed by atoms with Gasteiger partial charge in [-0.1, -0.05) is 24.3 Å². The summed E-state index contributed by atoms with van der Waals surface area (Å²) in [5.74, 6) is 1.83. The number of para-hydroxylation sites is 2. The number of aromatic hydroxyl groups is 3. The molecular formula is C30H31NO4. The number of nitrogens with zero attached hydrogens (tertiary/aromatic N) is 1. The topological polar surface area (TPSA) is 73.2 Å². The lowest BCUT2D eigenvalue weighted by Gasteiger charge is -2.30. The number of phenols is 3. The van der Waals surface area contributed by atoms with E-state index in [-0.39, 0.29) is 17.2 Å². The summed E-state index contributed by atoms with van der Waals surface area (Å²) in [4.78, 5) is 2.00. The number of phenolic OH excluding ortho intramolecular Hbond substituents is 3. The van der Waals surface area contributed by atoms with Crippen molar-refractivity contribution in [3.05, 3.63) is 94.0 Å². The van der Waals surface area contributed by atoms with Crippen molar-refractivity contribution in [2.45, 2.75) is 41.5 Å². The van der Waals surface area contributed by atoms with Crippen LogP contribution < -0.4 is 9.64 Å². The molecule has 3 N–H and O–H groups in total. The number of hydrogen-bond donors (Lipinski definition) is 3. The highest BCUT2D eigenvalue weighted by molar-refractivity contribution is 5.84. The smallest absolute Gasteiger partial charge is 0.151 e. The Labute approximate surface area is 206 Å². The molecule has 0 aliphatic carbocycles. The van der Waals surface area contributed by atoms with E-state index in [4.69, 9.17) is 4.74 Å². The fourth-order valence-corrected chi connectivity index (χ4v) is 4.26. The molecule has 5 heteroatoms. The van der Waals surface area contributed by atoms with Crippen LogP contribution in [0.1, 0.15) is 33.4 Å². The molecule has 0 atom stereocenters. The minimum Gasteiger partial charge on any atom is -0.508 e. The number of hydrogen-bond acceptors (Lipinski definition) is 5. The molecule has 0 heterocycles. The van der Waals surface area contributed by atoms with Crippen LogP contribution in [0.25, 0.3) is 0 Å². The van der Waals surface area contributed by atoms with Gasteiger partial charge in [0.15, 0.2) is 5.75 Å². The Morgan fingerprint density at radius 1 is 0.486 bits per heavy atom. The Hall–Kier alpha value is -4.12. The Morgan fingerprint density at radius 3 is 1.54 bits per heavy atom. The van der Waals surface area contributed by atoms with E-state index in [1.807, 2.05) is 88.9 Å². The van der Waals surface area contributed by atoms with Crippen LogP contribution in [0, 0.1) is 41.5 Å². The zero-order valence-corrected chi connectivity index (χ0v) is 21.0. The standard InChI is InChI=1S/C30H31NO4/c1-17-11-19(3)27(33)15-24(17)31(25-16-28(34)20(4)12-18(25)2)23-9-7-8-10-29(23)35-30-14-21(5)26(32)13-22(30)6/h7-16,32-34H,1-6H3. The van der Waals surface area contributed by atoms with Gasteiger partial charge in [-0.3, -0.25) is 0 Å². The van der Waals surface area contributed by atoms with Crippen LogP contribution >= 0.6 is 0 Å². The number of ether oxygens (including phenoxy) is 1.